The second-order valence-corrected chi connectivity index (χ2v) is 4.23. The van der Waals surface area contributed by atoms with Crippen LogP contribution >= 0.6 is 0 Å². The molecule has 0 aromatic heterocycles. The number of primary amides is 1. The van der Waals surface area contributed by atoms with Gasteiger partial charge in [0.05, 0.1) is 12.8 Å². The van der Waals surface area contributed by atoms with Crippen LogP contribution in [-0.4, -0.2) is 58.9 Å². The number of carbonyl (C=O) groups excluding carboxylic acids is 4. The first-order chi connectivity index (χ1) is 9.22. The number of amides is 5. The van der Waals surface area contributed by atoms with Gasteiger partial charge in [0.25, 0.3) is 5.91 Å². The Morgan fingerprint density at radius 2 is 2.05 bits per heavy atom. The minimum absolute atomic E-state index is 0.198. The van der Waals surface area contributed by atoms with Gasteiger partial charge in [-0.3, -0.25) is 19.3 Å². The van der Waals surface area contributed by atoms with Gasteiger partial charge in [0.2, 0.25) is 11.8 Å². The van der Waals surface area contributed by atoms with Gasteiger partial charge in [-0.05, 0) is 0 Å². The second kappa shape index (κ2) is 5.99. The molecule has 5 N–H and O–H groups in total. The number of rotatable bonds is 5. The van der Waals surface area contributed by atoms with Crippen LogP contribution in [0.1, 0.15) is 12.8 Å². The molecule has 0 spiro atoms. The number of nitrogens with two attached hydrogens (primary N) is 1. The summed E-state index contributed by atoms with van der Waals surface area (Å²) in [6.45, 7) is 0. The molecule has 1 saturated heterocycles. The SMILES string of the molecule is CN1C(=O)CC(NC(=O)N[C@H](CC(N)=O)C(=O)O)C1=O. The van der Waals surface area contributed by atoms with Gasteiger partial charge in [-0.2, -0.15) is 0 Å². The highest BCUT2D eigenvalue weighted by Gasteiger charge is 2.37. The van der Waals surface area contributed by atoms with Crippen LogP contribution in [0.2, 0.25) is 0 Å². The molecule has 20 heavy (non-hydrogen) atoms. The van der Waals surface area contributed by atoms with E-state index in [1.54, 1.807) is 0 Å². The number of urea groups is 1. The zero-order chi connectivity index (χ0) is 15.4. The van der Waals surface area contributed by atoms with E-state index in [1.165, 1.54) is 7.05 Å². The molecule has 10 nitrogen and oxygen atoms in total. The van der Waals surface area contributed by atoms with Crippen LogP contribution in [0.5, 0.6) is 0 Å². The van der Waals surface area contributed by atoms with Crippen molar-refractivity contribution in [3.63, 3.8) is 0 Å². The van der Waals surface area contributed by atoms with E-state index in [-0.39, 0.29) is 6.42 Å². The lowest BCUT2D eigenvalue weighted by molar-refractivity contribution is -0.141. The molecule has 1 rings (SSSR count). The third-order valence-corrected chi connectivity index (χ3v) is 2.70. The summed E-state index contributed by atoms with van der Waals surface area (Å²) in [5.74, 6) is -3.38. The fourth-order valence-corrected chi connectivity index (χ4v) is 1.63. The van der Waals surface area contributed by atoms with Crippen LogP contribution in [0.15, 0.2) is 0 Å². The summed E-state index contributed by atoms with van der Waals surface area (Å²) < 4.78 is 0. The van der Waals surface area contributed by atoms with E-state index in [9.17, 15) is 24.0 Å². The molecule has 0 aliphatic carbocycles. The molecule has 10 heteroatoms. The molecule has 0 saturated carbocycles. The molecule has 1 fully saturated rings. The maximum atomic E-state index is 11.5. The molecule has 1 aliphatic heterocycles. The van der Waals surface area contributed by atoms with Crippen LogP contribution in [0, 0.1) is 0 Å². The predicted octanol–water partition coefficient (Wildman–Crippen LogP) is -2.63. The normalized spacial score (nSPS) is 19.6. The minimum Gasteiger partial charge on any atom is -0.480 e. The lowest BCUT2D eigenvalue weighted by atomic mass is 10.2. The monoisotopic (exact) mass is 286 g/mol. The number of carboxylic acid groups (broad SMARTS) is 1. The van der Waals surface area contributed by atoms with Crippen molar-refractivity contribution >= 4 is 29.7 Å². The van der Waals surface area contributed by atoms with Crippen LogP contribution in [0.3, 0.4) is 0 Å². The van der Waals surface area contributed by atoms with E-state index < -0.39 is 48.2 Å². The fraction of sp³-hybridized carbons (Fsp3) is 0.500. The highest BCUT2D eigenvalue weighted by Crippen LogP contribution is 2.10. The second-order valence-electron chi connectivity index (χ2n) is 4.23. The summed E-state index contributed by atoms with van der Waals surface area (Å²) >= 11 is 0. The van der Waals surface area contributed by atoms with Gasteiger partial charge >= 0.3 is 12.0 Å². The van der Waals surface area contributed by atoms with Gasteiger partial charge in [0.1, 0.15) is 12.1 Å². The third kappa shape index (κ3) is 3.67. The summed E-state index contributed by atoms with van der Waals surface area (Å²) in [5, 5.41) is 13.0. The van der Waals surface area contributed by atoms with Gasteiger partial charge in [-0.1, -0.05) is 0 Å². The standard InChI is InChI=1S/C10H14N4O6/c1-14-7(16)3-4(8(14)17)12-10(20)13-5(9(18)19)2-6(11)15/h4-5H,2-3H2,1H3,(H2,11,15)(H,18,19)(H2,12,13,20)/t4?,5-/m1/s1. The Labute approximate surface area is 113 Å². The maximum absolute atomic E-state index is 11.5. The van der Waals surface area contributed by atoms with Crippen LogP contribution in [-0.2, 0) is 19.2 Å². The summed E-state index contributed by atoms with van der Waals surface area (Å²) in [6.07, 6.45) is -0.781. The Morgan fingerprint density at radius 1 is 1.45 bits per heavy atom. The molecule has 0 radical (unpaired) electrons. The molecular formula is C10H14N4O6. The predicted molar refractivity (Wildman–Crippen MR) is 63.1 cm³/mol. The van der Waals surface area contributed by atoms with Gasteiger partial charge < -0.3 is 21.5 Å². The Hall–Kier alpha value is -2.65. The van der Waals surface area contributed by atoms with Crippen molar-refractivity contribution in [2.45, 2.75) is 24.9 Å². The summed E-state index contributed by atoms with van der Waals surface area (Å²) in [5.41, 5.74) is 4.85. The summed E-state index contributed by atoms with van der Waals surface area (Å²) in [6, 6.07) is -3.52. The number of hydrogen-bond acceptors (Lipinski definition) is 5. The molecule has 0 aromatic rings. The van der Waals surface area contributed by atoms with E-state index >= 15 is 0 Å². The highest BCUT2D eigenvalue weighted by atomic mass is 16.4. The Morgan fingerprint density at radius 3 is 2.45 bits per heavy atom. The number of aliphatic carboxylic acids is 1. The first-order valence-corrected chi connectivity index (χ1v) is 5.61. The quantitative estimate of drug-likeness (QED) is 0.404. The van der Waals surface area contributed by atoms with E-state index in [4.69, 9.17) is 10.8 Å². The van der Waals surface area contributed by atoms with E-state index in [2.05, 4.69) is 5.32 Å². The molecule has 1 heterocycles. The molecule has 0 aromatic carbocycles. The number of likely N-dealkylation sites (N-methyl/N-ethyl adjacent to an activating group) is 1. The lowest BCUT2D eigenvalue weighted by Crippen LogP contribution is -2.51. The average Bonchev–Trinajstić information content (AvgIpc) is 2.55. The lowest BCUT2D eigenvalue weighted by Gasteiger charge is -2.16. The third-order valence-electron chi connectivity index (χ3n) is 2.70. The number of imide groups is 1. The molecule has 110 valence electrons. The molecule has 5 amide bonds. The first-order valence-electron chi connectivity index (χ1n) is 5.61. The van der Waals surface area contributed by atoms with E-state index in [0.717, 1.165) is 4.90 Å². The van der Waals surface area contributed by atoms with Gasteiger partial charge in [-0.25, -0.2) is 9.59 Å². The van der Waals surface area contributed by atoms with Crippen molar-refractivity contribution < 1.29 is 29.1 Å². The first kappa shape index (κ1) is 15.4. The number of nitrogens with one attached hydrogen (secondary N) is 2. The summed E-state index contributed by atoms with van der Waals surface area (Å²) in [7, 11) is 1.28. The Bertz CT molecular complexity index is 468. The van der Waals surface area contributed by atoms with E-state index in [1.807, 2.05) is 5.32 Å². The van der Waals surface area contributed by atoms with Crippen molar-refractivity contribution in [3.8, 4) is 0 Å². The molecular weight excluding hydrogens is 272 g/mol. The van der Waals surface area contributed by atoms with Crippen molar-refractivity contribution in [2.75, 3.05) is 7.05 Å². The van der Waals surface area contributed by atoms with Gasteiger partial charge in [0.15, 0.2) is 0 Å². The van der Waals surface area contributed by atoms with Crippen LogP contribution in [0.25, 0.3) is 0 Å². The molecule has 0 bridgehead atoms. The number of carbonyl (C=O) groups is 5. The molecule has 2 atom stereocenters. The van der Waals surface area contributed by atoms with Gasteiger partial charge in [-0.15, -0.1) is 0 Å². The zero-order valence-electron chi connectivity index (χ0n) is 10.6. The van der Waals surface area contributed by atoms with Crippen LogP contribution < -0.4 is 16.4 Å². The number of nitrogens with zero attached hydrogens (tertiary/aromatic N) is 1. The highest BCUT2D eigenvalue weighted by molar-refractivity contribution is 6.06. The summed E-state index contributed by atoms with van der Waals surface area (Å²) in [4.78, 5) is 56.6. The fourth-order valence-electron chi connectivity index (χ4n) is 1.63. The number of likely N-dealkylation sites (tertiary alicyclic amines) is 1. The van der Waals surface area contributed by atoms with Crippen molar-refractivity contribution in [1.82, 2.24) is 15.5 Å². The van der Waals surface area contributed by atoms with E-state index in [0.29, 0.717) is 0 Å². The average molecular weight is 286 g/mol. The van der Waals surface area contributed by atoms with Crippen molar-refractivity contribution in [1.29, 1.82) is 0 Å². The van der Waals surface area contributed by atoms with Crippen molar-refractivity contribution in [2.24, 2.45) is 5.73 Å². The number of carboxylic acids is 1. The van der Waals surface area contributed by atoms with Gasteiger partial charge in [0, 0.05) is 7.05 Å². The Balaban J connectivity index is 2.58. The topological polar surface area (TPSA) is 159 Å². The smallest absolute Gasteiger partial charge is 0.326 e. The molecule has 1 unspecified atom stereocenters. The minimum atomic E-state index is -1.50. The van der Waals surface area contributed by atoms with Crippen molar-refractivity contribution in [3.05, 3.63) is 0 Å². The Kier molecular flexibility index (Phi) is 4.62. The largest absolute Gasteiger partial charge is 0.480 e. The molecule has 1 aliphatic rings. The van der Waals surface area contributed by atoms with Crippen LogP contribution in [0.4, 0.5) is 4.79 Å². The maximum Gasteiger partial charge on any atom is 0.326 e. The number of hydrogen-bond donors (Lipinski definition) is 4. The zero-order valence-corrected chi connectivity index (χ0v) is 10.6.